The summed E-state index contributed by atoms with van der Waals surface area (Å²) in [5.74, 6) is -0.0618. The van der Waals surface area contributed by atoms with Crippen LogP contribution >= 0.6 is 11.8 Å². The zero-order chi connectivity index (χ0) is 24.6. The summed E-state index contributed by atoms with van der Waals surface area (Å²) in [7, 11) is 0. The summed E-state index contributed by atoms with van der Waals surface area (Å²) in [5.41, 5.74) is 2.12. The molecule has 0 radical (unpaired) electrons. The molecule has 6 nitrogen and oxygen atoms in total. The lowest BCUT2D eigenvalue weighted by Crippen LogP contribution is -2.33. The molecule has 1 saturated heterocycles. The fourth-order valence-electron chi connectivity index (χ4n) is 3.50. The SMILES string of the molecule is CCCOc1ccc(NC(=O)CC2SC(=Nc3ccc(F)cc3)N(Cc3ccccc3)C2=O)cc1. The smallest absolute Gasteiger partial charge is 0.242 e. The highest BCUT2D eigenvalue weighted by Crippen LogP contribution is 2.33. The monoisotopic (exact) mass is 491 g/mol. The number of thioether (sulfide) groups is 1. The van der Waals surface area contributed by atoms with E-state index in [-0.39, 0.29) is 24.1 Å². The molecule has 1 heterocycles. The van der Waals surface area contributed by atoms with Crippen LogP contribution in [0, 0.1) is 5.82 Å². The molecular weight excluding hydrogens is 465 g/mol. The summed E-state index contributed by atoms with van der Waals surface area (Å²) < 4.78 is 18.9. The first-order valence-corrected chi connectivity index (χ1v) is 12.3. The Labute approximate surface area is 208 Å². The molecule has 1 fully saturated rings. The third kappa shape index (κ3) is 6.70. The number of benzene rings is 3. The third-order valence-corrected chi connectivity index (χ3v) is 6.41. The molecule has 0 bridgehead atoms. The molecule has 35 heavy (non-hydrogen) atoms. The summed E-state index contributed by atoms with van der Waals surface area (Å²) in [5, 5.41) is 2.73. The van der Waals surface area contributed by atoms with Gasteiger partial charge in [-0.15, -0.1) is 0 Å². The molecule has 180 valence electrons. The van der Waals surface area contributed by atoms with Crippen LogP contribution in [-0.4, -0.2) is 33.7 Å². The number of carbonyl (C=O) groups is 2. The van der Waals surface area contributed by atoms with Crippen LogP contribution in [0.25, 0.3) is 0 Å². The van der Waals surface area contributed by atoms with Crippen molar-refractivity contribution >= 4 is 40.1 Å². The highest BCUT2D eigenvalue weighted by atomic mass is 32.2. The van der Waals surface area contributed by atoms with E-state index in [2.05, 4.69) is 10.3 Å². The Morgan fingerprint density at radius 3 is 2.46 bits per heavy atom. The van der Waals surface area contributed by atoms with Gasteiger partial charge in [0.1, 0.15) is 16.8 Å². The molecule has 0 spiro atoms. The zero-order valence-electron chi connectivity index (χ0n) is 19.3. The maximum absolute atomic E-state index is 13.3. The van der Waals surface area contributed by atoms with Gasteiger partial charge in [0.25, 0.3) is 0 Å². The summed E-state index contributed by atoms with van der Waals surface area (Å²) in [4.78, 5) is 32.2. The van der Waals surface area contributed by atoms with Gasteiger partial charge in [0.2, 0.25) is 11.8 Å². The van der Waals surface area contributed by atoms with Crippen molar-refractivity contribution < 1.29 is 18.7 Å². The normalized spacial score (nSPS) is 16.5. The van der Waals surface area contributed by atoms with Crippen LogP contribution in [0.15, 0.2) is 83.9 Å². The maximum atomic E-state index is 13.3. The molecule has 1 atom stereocenters. The van der Waals surface area contributed by atoms with Crippen LogP contribution in [0.5, 0.6) is 5.75 Å². The van der Waals surface area contributed by atoms with Crippen LogP contribution < -0.4 is 10.1 Å². The van der Waals surface area contributed by atoms with E-state index in [1.165, 1.54) is 23.9 Å². The van der Waals surface area contributed by atoms with Crippen molar-refractivity contribution in [3.8, 4) is 5.75 Å². The fraction of sp³-hybridized carbons (Fsp3) is 0.222. The molecule has 1 unspecified atom stereocenters. The molecule has 0 aliphatic carbocycles. The first-order chi connectivity index (χ1) is 17.0. The number of amidine groups is 1. The quantitative estimate of drug-likeness (QED) is 0.412. The number of anilines is 1. The van der Waals surface area contributed by atoms with Gasteiger partial charge in [-0.1, -0.05) is 49.0 Å². The second-order valence-electron chi connectivity index (χ2n) is 8.01. The average Bonchev–Trinajstić information content (AvgIpc) is 3.14. The molecule has 4 rings (SSSR count). The lowest BCUT2D eigenvalue weighted by atomic mass is 10.2. The summed E-state index contributed by atoms with van der Waals surface area (Å²) in [6.45, 7) is 3.01. The third-order valence-electron chi connectivity index (χ3n) is 5.24. The fourth-order valence-corrected chi connectivity index (χ4v) is 4.65. The lowest BCUT2D eigenvalue weighted by molar-refractivity contribution is -0.128. The van der Waals surface area contributed by atoms with E-state index in [1.807, 2.05) is 37.3 Å². The lowest BCUT2D eigenvalue weighted by Gasteiger charge is -2.16. The van der Waals surface area contributed by atoms with E-state index < -0.39 is 5.25 Å². The van der Waals surface area contributed by atoms with Gasteiger partial charge >= 0.3 is 0 Å². The van der Waals surface area contributed by atoms with E-state index in [0.717, 1.165) is 17.7 Å². The van der Waals surface area contributed by atoms with Crippen molar-refractivity contribution in [1.82, 2.24) is 4.90 Å². The van der Waals surface area contributed by atoms with E-state index in [0.29, 0.717) is 29.7 Å². The largest absolute Gasteiger partial charge is 0.494 e. The van der Waals surface area contributed by atoms with Gasteiger partial charge < -0.3 is 10.1 Å². The van der Waals surface area contributed by atoms with Gasteiger partial charge in [-0.2, -0.15) is 0 Å². The number of nitrogens with zero attached hydrogens (tertiary/aromatic N) is 2. The minimum Gasteiger partial charge on any atom is -0.494 e. The van der Waals surface area contributed by atoms with E-state index in [1.54, 1.807) is 41.3 Å². The van der Waals surface area contributed by atoms with Gasteiger partial charge in [0.05, 0.1) is 18.8 Å². The van der Waals surface area contributed by atoms with E-state index in [4.69, 9.17) is 4.74 Å². The van der Waals surface area contributed by atoms with Gasteiger partial charge in [-0.05, 0) is 60.5 Å². The van der Waals surface area contributed by atoms with Crippen LogP contribution in [0.4, 0.5) is 15.8 Å². The molecule has 1 N–H and O–H groups in total. The highest BCUT2D eigenvalue weighted by molar-refractivity contribution is 8.15. The maximum Gasteiger partial charge on any atom is 0.242 e. The van der Waals surface area contributed by atoms with Gasteiger partial charge in [0, 0.05) is 12.1 Å². The first kappa shape index (κ1) is 24.5. The molecule has 0 saturated carbocycles. The predicted molar refractivity (Wildman–Crippen MR) is 137 cm³/mol. The number of amides is 2. The Morgan fingerprint density at radius 1 is 1.06 bits per heavy atom. The van der Waals surface area contributed by atoms with Crippen molar-refractivity contribution in [2.75, 3.05) is 11.9 Å². The predicted octanol–water partition coefficient (Wildman–Crippen LogP) is 5.78. The molecule has 8 heteroatoms. The molecule has 1 aliphatic rings. The molecule has 0 aromatic heterocycles. The van der Waals surface area contributed by atoms with Crippen molar-refractivity contribution in [2.45, 2.75) is 31.6 Å². The van der Waals surface area contributed by atoms with Crippen molar-refractivity contribution in [1.29, 1.82) is 0 Å². The number of hydrogen-bond acceptors (Lipinski definition) is 5. The van der Waals surface area contributed by atoms with Crippen LogP contribution in [0.2, 0.25) is 0 Å². The van der Waals surface area contributed by atoms with Crippen molar-refractivity contribution in [2.24, 2.45) is 4.99 Å². The Bertz CT molecular complexity index is 1180. The number of aliphatic imine (C=N–C) groups is 1. The van der Waals surface area contributed by atoms with Crippen molar-refractivity contribution in [3.63, 3.8) is 0 Å². The number of ether oxygens (including phenoxy) is 1. The van der Waals surface area contributed by atoms with E-state index in [9.17, 15) is 14.0 Å². The Hall–Kier alpha value is -3.65. The number of hydrogen-bond donors (Lipinski definition) is 1. The molecular formula is C27H26FN3O3S. The second-order valence-corrected chi connectivity index (χ2v) is 9.18. The number of nitrogens with one attached hydrogen (secondary N) is 1. The van der Waals surface area contributed by atoms with Crippen LogP contribution in [0.3, 0.4) is 0 Å². The topological polar surface area (TPSA) is 71.0 Å². The Morgan fingerprint density at radius 2 is 1.77 bits per heavy atom. The molecule has 2 amide bonds. The Balaban J connectivity index is 1.46. The van der Waals surface area contributed by atoms with E-state index >= 15 is 0 Å². The van der Waals surface area contributed by atoms with Crippen LogP contribution in [-0.2, 0) is 16.1 Å². The number of rotatable bonds is 9. The number of halogens is 1. The van der Waals surface area contributed by atoms with Gasteiger partial charge in [0.15, 0.2) is 5.17 Å². The Kier molecular flexibility index (Phi) is 8.15. The average molecular weight is 492 g/mol. The second kappa shape index (κ2) is 11.7. The number of carbonyl (C=O) groups excluding carboxylic acids is 2. The van der Waals surface area contributed by atoms with Gasteiger partial charge in [-0.3, -0.25) is 14.5 Å². The minimum absolute atomic E-state index is 0.00527. The molecule has 3 aromatic carbocycles. The standard InChI is InChI=1S/C27H26FN3O3S/c1-2-16-34-23-14-12-21(13-15-23)29-25(32)17-24-26(33)31(18-19-6-4-3-5-7-19)27(35-24)30-22-10-8-20(28)9-11-22/h3-15,24H,2,16-18H2,1H3,(H,29,32). The first-order valence-electron chi connectivity index (χ1n) is 11.4. The summed E-state index contributed by atoms with van der Waals surface area (Å²) >= 11 is 1.25. The van der Waals surface area contributed by atoms with Gasteiger partial charge in [-0.25, -0.2) is 9.38 Å². The van der Waals surface area contributed by atoms with Crippen molar-refractivity contribution in [3.05, 3.63) is 90.2 Å². The molecule has 1 aliphatic heterocycles. The zero-order valence-corrected chi connectivity index (χ0v) is 20.1. The van der Waals surface area contributed by atoms with Crippen LogP contribution in [0.1, 0.15) is 25.3 Å². The summed E-state index contributed by atoms with van der Waals surface area (Å²) in [6, 6.07) is 22.5. The molecule has 3 aromatic rings. The highest BCUT2D eigenvalue weighted by Gasteiger charge is 2.39. The minimum atomic E-state index is -0.606. The summed E-state index contributed by atoms with van der Waals surface area (Å²) in [6.07, 6.45) is 0.921.